The molecule has 0 unspecified atom stereocenters. The van der Waals surface area contributed by atoms with E-state index >= 15 is 0 Å². The summed E-state index contributed by atoms with van der Waals surface area (Å²) in [6.07, 6.45) is 8.20. The number of ether oxygens (including phenoxy) is 1. The van der Waals surface area contributed by atoms with Gasteiger partial charge in [0.25, 0.3) is 5.91 Å². The number of aromatic nitrogens is 2. The first kappa shape index (κ1) is 22.2. The zero-order valence-electron chi connectivity index (χ0n) is 16.8. The summed E-state index contributed by atoms with van der Waals surface area (Å²) in [5.74, 6) is 0.926. The normalized spacial score (nSPS) is 16.0. The van der Waals surface area contributed by atoms with Crippen molar-refractivity contribution in [3.63, 3.8) is 0 Å². The molecule has 1 aliphatic rings. The van der Waals surface area contributed by atoms with Gasteiger partial charge < -0.3 is 10.1 Å². The minimum atomic E-state index is -3.28. The van der Waals surface area contributed by atoms with Crippen LogP contribution in [0.3, 0.4) is 0 Å². The number of hydrogen-bond acceptors (Lipinski definition) is 6. The number of halogens is 1. The lowest BCUT2D eigenvalue weighted by atomic mass is 10.1. The van der Waals surface area contributed by atoms with E-state index < -0.39 is 21.8 Å². The average molecular weight is 450 g/mol. The first-order chi connectivity index (χ1) is 14.2. The summed E-state index contributed by atoms with van der Waals surface area (Å²) in [5, 5.41) is 4.17. The van der Waals surface area contributed by atoms with Crippen LogP contribution < -0.4 is 10.1 Å². The third kappa shape index (κ3) is 6.03. The summed E-state index contributed by atoms with van der Waals surface area (Å²) < 4.78 is 28.5. The highest BCUT2D eigenvalue weighted by atomic mass is 35.5. The van der Waals surface area contributed by atoms with Gasteiger partial charge in [-0.15, -0.1) is 0 Å². The maximum Gasteiger partial charge on any atom is 0.258 e. The van der Waals surface area contributed by atoms with E-state index in [4.69, 9.17) is 16.3 Å². The second-order valence-electron chi connectivity index (χ2n) is 7.38. The Morgan fingerprint density at radius 1 is 1.30 bits per heavy atom. The maximum absolute atomic E-state index is 12.8. The van der Waals surface area contributed by atoms with Gasteiger partial charge in [0.05, 0.1) is 5.02 Å². The lowest BCUT2D eigenvalue weighted by Gasteiger charge is -2.15. The minimum absolute atomic E-state index is 0.122. The zero-order chi connectivity index (χ0) is 21.7. The highest BCUT2D eigenvalue weighted by molar-refractivity contribution is 7.93. The van der Waals surface area contributed by atoms with Gasteiger partial charge in [-0.05, 0) is 31.9 Å². The number of rotatable bonds is 7. The molecule has 1 N–H and O–H groups in total. The molecule has 0 spiro atoms. The number of amides is 1. The highest BCUT2D eigenvalue weighted by Crippen LogP contribution is 2.35. The molecule has 3 rings (SSSR count). The Morgan fingerprint density at radius 2 is 2.00 bits per heavy atom. The van der Waals surface area contributed by atoms with E-state index in [2.05, 4.69) is 15.3 Å². The first-order valence-corrected chi connectivity index (χ1v) is 12.0. The summed E-state index contributed by atoms with van der Waals surface area (Å²) in [6, 6.07) is 6.42. The number of para-hydroxylation sites is 1. The number of carbonyl (C=O) groups excluding carboxylic acids is 1. The predicted octanol–water partition coefficient (Wildman–Crippen LogP) is 4.26. The molecule has 0 bridgehead atoms. The number of nitrogens with one attached hydrogen (secondary N) is 1. The van der Waals surface area contributed by atoms with Crippen LogP contribution in [0.1, 0.15) is 54.7 Å². The number of benzene rings is 1. The molecular formula is C21H24ClN3O4S. The molecule has 1 aromatic carbocycles. The number of sulfone groups is 1. The molecule has 0 saturated heterocycles. The monoisotopic (exact) mass is 449 g/mol. The summed E-state index contributed by atoms with van der Waals surface area (Å²) in [4.78, 5) is 21.8. The minimum Gasteiger partial charge on any atom is -0.436 e. The fraction of sp³-hybridized carbons (Fsp3) is 0.381. The van der Waals surface area contributed by atoms with E-state index in [1.54, 1.807) is 31.2 Å². The fourth-order valence-electron chi connectivity index (χ4n) is 3.22. The van der Waals surface area contributed by atoms with Gasteiger partial charge >= 0.3 is 0 Å². The number of nitrogens with zero attached hydrogens (tertiary/aromatic N) is 2. The van der Waals surface area contributed by atoms with Crippen molar-refractivity contribution < 1.29 is 17.9 Å². The van der Waals surface area contributed by atoms with E-state index in [1.165, 1.54) is 12.3 Å². The molecule has 1 saturated carbocycles. The van der Waals surface area contributed by atoms with Crippen LogP contribution in [-0.2, 0) is 9.84 Å². The predicted molar refractivity (Wildman–Crippen MR) is 116 cm³/mol. The third-order valence-electron chi connectivity index (χ3n) is 4.75. The standard InChI is InChI=1S/C21H24ClN3O4S/c1-14(11-12-30(2,27)28)24-20(26)16-13-23-19(15-7-3-4-8-15)25-21(16)29-18-10-6-5-9-17(18)22/h5-6,9-15H,3-4,7-8H2,1-2H3,(H,24,26)/b12-11+/t14-/m0/s1. The molecular weight excluding hydrogens is 426 g/mol. The summed E-state index contributed by atoms with van der Waals surface area (Å²) in [5.41, 5.74) is 0.149. The van der Waals surface area contributed by atoms with Crippen molar-refractivity contribution in [3.05, 3.63) is 58.4 Å². The van der Waals surface area contributed by atoms with Gasteiger partial charge in [0.1, 0.15) is 17.1 Å². The van der Waals surface area contributed by atoms with Crippen molar-refractivity contribution >= 4 is 27.3 Å². The lowest BCUT2D eigenvalue weighted by Crippen LogP contribution is -2.31. The van der Waals surface area contributed by atoms with Crippen molar-refractivity contribution in [1.29, 1.82) is 0 Å². The Hall–Kier alpha value is -2.45. The number of carbonyl (C=O) groups is 1. The second-order valence-corrected chi connectivity index (χ2v) is 9.72. The van der Waals surface area contributed by atoms with Crippen molar-refractivity contribution in [1.82, 2.24) is 15.3 Å². The quantitative estimate of drug-likeness (QED) is 0.678. The molecule has 1 fully saturated rings. The molecule has 0 aliphatic heterocycles. The Morgan fingerprint density at radius 3 is 2.67 bits per heavy atom. The molecule has 7 nitrogen and oxygen atoms in total. The molecule has 30 heavy (non-hydrogen) atoms. The van der Waals surface area contributed by atoms with E-state index in [1.807, 2.05) is 0 Å². The Labute approximate surface area is 181 Å². The van der Waals surface area contributed by atoms with Crippen LogP contribution in [0, 0.1) is 0 Å². The zero-order valence-corrected chi connectivity index (χ0v) is 18.4. The van der Waals surface area contributed by atoms with Gasteiger partial charge in [0, 0.05) is 29.8 Å². The summed E-state index contributed by atoms with van der Waals surface area (Å²) in [6.45, 7) is 1.67. The molecule has 0 radical (unpaired) electrons. The highest BCUT2D eigenvalue weighted by Gasteiger charge is 2.24. The van der Waals surface area contributed by atoms with Gasteiger partial charge in [-0.25, -0.2) is 13.4 Å². The van der Waals surface area contributed by atoms with Gasteiger partial charge in [-0.1, -0.05) is 42.7 Å². The molecule has 1 amide bonds. The first-order valence-electron chi connectivity index (χ1n) is 9.71. The van der Waals surface area contributed by atoms with Crippen molar-refractivity contribution in [3.8, 4) is 11.6 Å². The van der Waals surface area contributed by atoms with Gasteiger partial charge in [-0.2, -0.15) is 4.98 Å². The van der Waals surface area contributed by atoms with Crippen molar-refractivity contribution in [2.45, 2.75) is 44.6 Å². The summed E-state index contributed by atoms with van der Waals surface area (Å²) in [7, 11) is -3.28. The Balaban J connectivity index is 1.89. The van der Waals surface area contributed by atoms with Gasteiger partial charge in [0.15, 0.2) is 9.84 Å². The summed E-state index contributed by atoms with van der Waals surface area (Å²) >= 11 is 6.21. The molecule has 2 aromatic rings. The molecule has 160 valence electrons. The fourth-order valence-corrected chi connectivity index (χ4v) is 3.91. The molecule has 1 aliphatic carbocycles. The molecule has 1 heterocycles. The molecule has 9 heteroatoms. The average Bonchev–Trinajstić information content (AvgIpc) is 3.22. The topological polar surface area (TPSA) is 98.2 Å². The SMILES string of the molecule is C[C@@H](/C=C/S(C)(=O)=O)NC(=O)c1cnc(C2CCCC2)nc1Oc1ccccc1Cl. The van der Waals surface area contributed by atoms with Crippen LogP contribution in [0.5, 0.6) is 11.6 Å². The van der Waals surface area contributed by atoms with Crippen molar-refractivity contribution in [2.24, 2.45) is 0 Å². The van der Waals surface area contributed by atoms with Crippen LogP contribution in [0.15, 0.2) is 41.9 Å². The van der Waals surface area contributed by atoms with Crippen LogP contribution >= 0.6 is 11.6 Å². The van der Waals surface area contributed by atoms with Gasteiger partial charge in [-0.3, -0.25) is 4.79 Å². The van der Waals surface area contributed by atoms with E-state index in [-0.39, 0.29) is 17.4 Å². The third-order valence-corrected chi connectivity index (χ3v) is 5.72. The second kappa shape index (κ2) is 9.57. The smallest absolute Gasteiger partial charge is 0.258 e. The maximum atomic E-state index is 12.8. The van der Waals surface area contributed by atoms with Crippen LogP contribution in [0.25, 0.3) is 0 Å². The van der Waals surface area contributed by atoms with Crippen molar-refractivity contribution in [2.75, 3.05) is 6.26 Å². The largest absolute Gasteiger partial charge is 0.436 e. The number of hydrogen-bond donors (Lipinski definition) is 1. The lowest BCUT2D eigenvalue weighted by molar-refractivity contribution is 0.0943. The van der Waals surface area contributed by atoms with E-state index in [9.17, 15) is 13.2 Å². The van der Waals surface area contributed by atoms with Gasteiger partial charge in [0.2, 0.25) is 5.88 Å². The van der Waals surface area contributed by atoms with E-state index in [0.717, 1.165) is 37.3 Å². The van der Waals surface area contributed by atoms with Crippen LogP contribution in [-0.4, -0.2) is 36.6 Å². The van der Waals surface area contributed by atoms with E-state index in [0.29, 0.717) is 16.6 Å². The Bertz CT molecular complexity index is 1050. The van der Waals surface area contributed by atoms with Crippen LogP contribution in [0.4, 0.5) is 0 Å². The van der Waals surface area contributed by atoms with Crippen LogP contribution in [0.2, 0.25) is 5.02 Å². The molecule has 1 aromatic heterocycles. The molecule has 1 atom stereocenters. The Kier molecular flexibility index (Phi) is 7.10.